The van der Waals surface area contributed by atoms with Gasteiger partial charge in [-0.25, -0.2) is 4.79 Å². The number of carbonyl (C=O) groups excluding carboxylic acids is 3. The summed E-state index contributed by atoms with van der Waals surface area (Å²) in [6, 6.07) is 15.5. The minimum absolute atomic E-state index is 0.220. The molecule has 0 spiro atoms. The van der Waals surface area contributed by atoms with E-state index in [2.05, 4.69) is 4.90 Å². The molecule has 3 heterocycles. The van der Waals surface area contributed by atoms with E-state index in [4.69, 9.17) is 19.4 Å². The number of amides is 2. The Morgan fingerprint density at radius 2 is 1.51 bits per heavy atom. The molecule has 3 saturated heterocycles. The minimum atomic E-state index is -5.08. The Labute approximate surface area is 222 Å². The molecule has 0 radical (unpaired) electrons. The lowest BCUT2D eigenvalue weighted by molar-refractivity contribution is -0.192. The fourth-order valence-electron chi connectivity index (χ4n) is 6.00. The first kappa shape index (κ1) is 28.1. The van der Waals surface area contributed by atoms with E-state index in [1.807, 2.05) is 48.5 Å². The van der Waals surface area contributed by atoms with E-state index in [-0.39, 0.29) is 17.9 Å². The molecule has 0 unspecified atom stereocenters. The summed E-state index contributed by atoms with van der Waals surface area (Å²) >= 11 is 0. The normalized spacial score (nSPS) is 26.0. The number of alkyl halides is 3. The van der Waals surface area contributed by atoms with Crippen LogP contribution >= 0.6 is 0 Å². The molecule has 208 valence electrons. The van der Waals surface area contributed by atoms with Crippen molar-refractivity contribution in [1.29, 1.82) is 0 Å². The number of imide groups is 1. The second-order valence-corrected chi connectivity index (χ2v) is 9.55. The molecule has 4 atom stereocenters. The number of benzene rings is 2. The second-order valence-electron chi connectivity index (χ2n) is 9.55. The quantitative estimate of drug-likeness (QED) is 0.458. The van der Waals surface area contributed by atoms with Crippen LogP contribution in [0.3, 0.4) is 0 Å². The smallest absolute Gasteiger partial charge is 0.490 e. The molecule has 2 aromatic rings. The van der Waals surface area contributed by atoms with Crippen molar-refractivity contribution in [1.82, 2.24) is 9.80 Å². The van der Waals surface area contributed by atoms with Crippen LogP contribution < -0.4 is 4.74 Å². The number of esters is 1. The van der Waals surface area contributed by atoms with Gasteiger partial charge in [0.2, 0.25) is 11.8 Å². The molecule has 2 amide bonds. The number of rotatable bonds is 4. The van der Waals surface area contributed by atoms with Crippen molar-refractivity contribution in [3.8, 4) is 16.9 Å². The Bertz CT molecular complexity index is 1280. The van der Waals surface area contributed by atoms with Crippen LogP contribution in [0.1, 0.15) is 24.4 Å². The fraction of sp³-hybridized carbons (Fsp3) is 0.407. The highest BCUT2D eigenvalue weighted by Crippen LogP contribution is 2.59. The molecule has 9 nitrogen and oxygen atoms in total. The van der Waals surface area contributed by atoms with Crippen molar-refractivity contribution in [2.75, 3.05) is 27.8 Å². The van der Waals surface area contributed by atoms with Crippen molar-refractivity contribution < 1.29 is 46.9 Å². The van der Waals surface area contributed by atoms with Gasteiger partial charge in [-0.15, -0.1) is 0 Å². The van der Waals surface area contributed by atoms with Gasteiger partial charge in [0, 0.05) is 13.1 Å². The maximum atomic E-state index is 13.1. The second kappa shape index (κ2) is 10.3. The number of aliphatic carboxylic acids is 1. The zero-order valence-electron chi connectivity index (χ0n) is 21.4. The molecule has 5 rings (SSSR count). The van der Waals surface area contributed by atoms with Crippen LogP contribution in [0.4, 0.5) is 13.2 Å². The van der Waals surface area contributed by atoms with Gasteiger partial charge in [-0.2, -0.15) is 13.2 Å². The van der Waals surface area contributed by atoms with Crippen LogP contribution in [-0.2, 0) is 23.9 Å². The number of likely N-dealkylation sites (tertiary alicyclic amines) is 1. The van der Waals surface area contributed by atoms with Crippen LogP contribution in [0.25, 0.3) is 11.1 Å². The number of nitrogens with zero attached hydrogens (tertiary/aromatic N) is 2. The third kappa shape index (κ3) is 4.62. The number of methoxy groups -OCH3 is 2. The zero-order valence-corrected chi connectivity index (χ0v) is 21.4. The number of hydrogen-bond donors (Lipinski definition) is 1. The highest BCUT2D eigenvalue weighted by molar-refractivity contribution is 6.09. The number of halogens is 3. The Morgan fingerprint density at radius 1 is 0.974 bits per heavy atom. The first-order valence-corrected chi connectivity index (χ1v) is 12.1. The molecule has 2 aromatic carbocycles. The Hall–Kier alpha value is -3.93. The highest BCUT2D eigenvalue weighted by atomic mass is 19.4. The number of ether oxygens (including phenoxy) is 2. The summed E-state index contributed by atoms with van der Waals surface area (Å²) in [5.74, 6) is -4.17. The summed E-state index contributed by atoms with van der Waals surface area (Å²) in [7, 11) is 4.50. The van der Waals surface area contributed by atoms with Gasteiger partial charge in [0.15, 0.2) is 0 Å². The molecule has 3 aliphatic rings. The van der Waals surface area contributed by atoms with Crippen molar-refractivity contribution >= 4 is 23.8 Å². The number of carboxylic acid groups (broad SMARTS) is 1. The Balaban J connectivity index is 0.000000448. The summed E-state index contributed by atoms with van der Waals surface area (Å²) < 4.78 is 42.1. The van der Waals surface area contributed by atoms with Gasteiger partial charge in [0.1, 0.15) is 11.3 Å². The van der Waals surface area contributed by atoms with Crippen LogP contribution in [0, 0.1) is 11.8 Å². The average molecular weight is 549 g/mol. The van der Waals surface area contributed by atoms with E-state index in [9.17, 15) is 27.6 Å². The van der Waals surface area contributed by atoms with E-state index in [1.165, 1.54) is 19.1 Å². The molecule has 1 N–H and O–H groups in total. The summed E-state index contributed by atoms with van der Waals surface area (Å²) in [6.07, 6.45) is -3.78. The lowest BCUT2D eigenvalue weighted by Crippen LogP contribution is -2.54. The first-order chi connectivity index (χ1) is 18.4. The number of hydrogen-bond acceptors (Lipinski definition) is 7. The molecular weight excluding hydrogens is 521 g/mol. The van der Waals surface area contributed by atoms with Crippen molar-refractivity contribution in [2.45, 2.75) is 30.6 Å². The Morgan fingerprint density at radius 3 is 2.00 bits per heavy atom. The van der Waals surface area contributed by atoms with Crippen LogP contribution in [0.2, 0.25) is 0 Å². The highest BCUT2D eigenvalue weighted by Gasteiger charge is 2.72. The van der Waals surface area contributed by atoms with Crippen molar-refractivity contribution in [3.05, 3.63) is 54.1 Å². The predicted molar refractivity (Wildman–Crippen MR) is 130 cm³/mol. The number of carboxylic acids is 1. The zero-order chi connectivity index (χ0) is 28.7. The molecule has 0 bridgehead atoms. The third-order valence-electron chi connectivity index (χ3n) is 7.69. The lowest BCUT2D eigenvalue weighted by atomic mass is 9.77. The molecular formula is C27H27F3N2O7. The molecule has 39 heavy (non-hydrogen) atoms. The van der Waals surface area contributed by atoms with E-state index < -0.39 is 35.5 Å². The maximum Gasteiger partial charge on any atom is 0.490 e. The monoisotopic (exact) mass is 548 g/mol. The largest absolute Gasteiger partial charge is 0.497 e. The van der Waals surface area contributed by atoms with Gasteiger partial charge in [0.05, 0.1) is 26.1 Å². The van der Waals surface area contributed by atoms with Crippen molar-refractivity contribution in [3.63, 3.8) is 0 Å². The molecule has 0 aromatic heterocycles. The van der Waals surface area contributed by atoms with Gasteiger partial charge in [-0.3, -0.25) is 24.2 Å². The summed E-state index contributed by atoms with van der Waals surface area (Å²) in [5.41, 5.74) is 1.95. The topological polar surface area (TPSA) is 113 Å². The molecule has 0 aliphatic carbocycles. The van der Waals surface area contributed by atoms with Crippen LogP contribution in [-0.4, -0.2) is 78.2 Å². The minimum Gasteiger partial charge on any atom is -0.497 e. The fourth-order valence-corrected chi connectivity index (χ4v) is 6.00. The van der Waals surface area contributed by atoms with Gasteiger partial charge < -0.3 is 14.6 Å². The SMILES string of the molecule is COC(=O)[C@@]12CCCN1[C@H](c1ccc(-c3ccc(OC)cc3)cc1)[C@@H]1C(=O)N(C)C(=O)[C@@H]12.O=C(O)C(F)(F)F. The first-order valence-electron chi connectivity index (χ1n) is 12.1. The number of carbonyl (C=O) groups is 4. The summed E-state index contributed by atoms with van der Waals surface area (Å²) in [4.78, 5) is 51.4. The van der Waals surface area contributed by atoms with Crippen LogP contribution in [0.15, 0.2) is 48.5 Å². The average Bonchev–Trinajstić information content (AvgIpc) is 3.54. The number of fused-ring (bicyclic) bond motifs is 3. The molecule has 12 heteroatoms. The van der Waals surface area contributed by atoms with Gasteiger partial charge in [-0.05, 0) is 48.2 Å². The third-order valence-corrected chi connectivity index (χ3v) is 7.69. The molecule has 3 fully saturated rings. The van der Waals surface area contributed by atoms with Crippen molar-refractivity contribution in [2.24, 2.45) is 11.8 Å². The maximum absolute atomic E-state index is 13.1. The van der Waals surface area contributed by atoms with E-state index in [0.717, 1.165) is 28.9 Å². The van der Waals surface area contributed by atoms with E-state index in [1.54, 1.807) is 7.11 Å². The Kier molecular flexibility index (Phi) is 7.44. The predicted octanol–water partition coefficient (Wildman–Crippen LogP) is 3.29. The van der Waals surface area contributed by atoms with Gasteiger partial charge in [-0.1, -0.05) is 36.4 Å². The molecule has 0 saturated carbocycles. The standard InChI is InChI=1S/C25H26N2O5.C2HF3O2/c1-26-22(28)19-20(23(26)29)25(24(30)32-3)13-4-14-27(25)21(19)17-7-5-15(6-8-17)16-9-11-18(31-2)12-10-16;3-2(4,5)1(6)7/h5-12,19-21H,4,13-14H2,1-3H3;(H,6,7)/t19-,20-,21-,25+;/m1./s1. The van der Waals surface area contributed by atoms with E-state index in [0.29, 0.717) is 13.0 Å². The van der Waals surface area contributed by atoms with Gasteiger partial charge in [0.25, 0.3) is 0 Å². The van der Waals surface area contributed by atoms with E-state index >= 15 is 0 Å². The summed E-state index contributed by atoms with van der Waals surface area (Å²) in [6.45, 7) is 0.650. The van der Waals surface area contributed by atoms with Crippen LogP contribution in [0.5, 0.6) is 5.75 Å². The van der Waals surface area contributed by atoms with Gasteiger partial charge >= 0.3 is 18.1 Å². The summed E-state index contributed by atoms with van der Waals surface area (Å²) in [5, 5.41) is 7.12. The lowest BCUT2D eigenvalue weighted by Gasteiger charge is -2.35. The molecule has 3 aliphatic heterocycles.